The standard InChI is InChI=1S/C20H30O2/c1-6-8-9-10-11-12-17(4)14-19(20(21)22)15-18(5)13-16(3)7-2/h6,8-12,14-16,18H,7,13H2,1-5H3,(H,21,22)/b8-6+,10-9+,12-11+,17-14+,19-15-. The topological polar surface area (TPSA) is 37.3 Å². The van der Waals surface area contributed by atoms with E-state index in [-0.39, 0.29) is 5.92 Å². The third-order valence-corrected chi connectivity index (χ3v) is 3.45. The van der Waals surface area contributed by atoms with Crippen LogP contribution >= 0.6 is 0 Å². The minimum atomic E-state index is -0.867. The van der Waals surface area contributed by atoms with Gasteiger partial charge in [0.2, 0.25) is 0 Å². The van der Waals surface area contributed by atoms with Crippen LogP contribution in [0.2, 0.25) is 0 Å². The van der Waals surface area contributed by atoms with E-state index >= 15 is 0 Å². The van der Waals surface area contributed by atoms with Gasteiger partial charge in [0.25, 0.3) is 0 Å². The normalized spacial score (nSPS) is 16.8. The second kappa shape index (κ2) is 11.8. The van der Waals surface area contributed by atoms with Gasteiger partial charge in [0.05, 0.1) is 5.57 Å². The zero-order valence-corrected chi connectivity index (χ0v) is 14.5. The van der Waals surface area contributed by atoms with Gasteiger partial charge in [-0.05, 0) is 38.2 Å². The zero-order chi connectivity index (χ0) is 17.0. The number of carbonyl (C=O) groups is 1. The molecular weight excluding hydrogens is 272 g/mol. The summed E-state index contributed by atoms with van der Waals surface area (Å²) in [7, 11) is 0. The molecule has 2 heteroatoms. The van der Waals surface area contributed by atoms with Gasteiger partial charge in [0.1, 0.15) is 0 Å². The van der Waals surface area contributed by atoms with Crippen LogP contribution in [0.3, 0.4) is 0 Å². The highest BCUT2D eigenvalue weighted by atomic mass is 16.4. The molecule has 0 fully saturated rings. The van der Waals surface area contributed by atoms with Crippen LogP contribution in [0.1, 0.15) is 47.5 Å². The molecule has 1 N–H and O–H groups in total. The van der Waals surface area contributed by atoms with Gasteiger partial charge in [-0.25, -0.2) is 4.79 Å². The first-order chi connectivity index (χ1) is 10.4. The van der Waals surface area contributed by atoms with Gasteiger partial charge < -0.3 is 5.11 Å². The van der Waals surface area contributed by atoms with Gasteiger partial charge in [-0.1, -0.05) is 75.3 Å². The van der Waals surface area contributed by atoms with Gasteiger partial charge in [0, 0.05) is 0 Å². The van der Waals surface area contributed by atoms with Crippen LogP contribution in [0.25, 0.3) is 0 Å². The van der Waals surface area contributed by atoms with Gasteiger partial charge >= 0.3 is 5.97 Å². The summed E-state index contributed by atoms with van der Waals surface area (Å²) >= 11 is 0. The maximum Gasteiger partial charge on any atom is 0.335 e. The first kappa shape index (κ1) is 20.2. The average Bonchev–Trinajstić information content (AvgIpc) is 2.45. The van der Waals surface area contributed by atoms with Crippen molar-refractivity contribution in [2.45, 2.75) is 47.5 Å². The first-order valence-electron chi connectivity index (χ1n) is 8.00. The second-order valence-electron chi connectivity index (χ2n) is 5.81. The van der Waals surface area contributed by atoms with Crippen molar-refractivity contribution in [1.82, 2.24) is 0 Å². The fourth-order valence-electron chi connectivity index (χ4n) is 2.10. The maximum absolute atomic E-state index is 11.4. The number of rotatable bonds is 9. The molecule has 22 heavy (non-hydrogen) atoms. The van der Waals surface area contributed by atoms with Crippen LogP contribution in [0.4, 0.5) is 0 Å². The highest BCUT2D eigenvalue weighted by Crippen LogP contribution is 2.18. The van der Waals surface area contributed by atoms with Crippen molar-refractivity contribution in [3.8, 4) is 0 Å². The Morgan fingerprint density at radius 3 is 2.32 bits per heavy atom. The SMILES string of the molecule is C/C=C/C=C/C=C/C(C)=C/C(=C/C(C)CC(C)CC)C(=O)O. The molecule has 0 saturated carbocycles. The van der Waals surface area contributed by atoms with Crippen LogP contribution in [0, 0.1) is 11.8 Å². The third-order valence-electron chi connectivity index (χ3n) is 3.45. The molecule has 2 atom stereocenters. The molecule has 0 radical (unpaired) electrons. The number of aliphatic carboxylic acids is 1. The highest BCUT2D eigenvalue weighted by Gasteiger charge is 2.09. The lowest BCUT2D eigenvalue weighted by Crippen LogP contribution is -2.04. The van der Waals surface area contributed by atoms with E-state index in [0.717, 1.165) is 18.4 Å². The van der Waals surface area contributed by atoms with E-state index in [1.807, 2.05) is 56.4 Å². The summed E-state index contributed by atoms with van der Waals surface area (Å²) in [5, 5.41) is 9.34. The summed E-state index contributed by atoms with van der Waals surface area (Å²) in [6.45, 7) is 10.3. The largest absolute Gasteiger partial charge is 0.478 e. The quantitative estimate of drug-likeness (QED) is 0.438. The van der Waals surface area contributed by atoms with Crippen molar-refractivity contribution in [3.63, 3.8) is 0 Å². The second-order valence-corrected chi connectivity index (χ2v) is 5.81. The Bertz CT molecular complexity index is 476. The van der Waals surface area contributed by atoms with E-state index < -0.39 is 5.97 Å². The van der Waals surface area contributed by atoms with Crippen molar-refractivity contribution in [2.75, 3.05) is 0 Å². The van der Waals surface area contributed by atoms with Crippen molar-refractivity contribution in [2.24, 2.45) is 11.8 Å². The number of carboxylic acids is 1. The Morgan fingerprint density at radius 2 is 1.77 bits per heavy atom. The van der Waals surface area contributed by atoms with Crippen LogP contribution in [-0.2, 0) is 4.79 Å². The summed E-state index contributed by atoms with van der Waals surface area (Å²) in [4.78, 5) is 11.4. The summed E-state index contributed by atoms with van der Waals surface area (Å²) in [5.74, 6) is 0.0138. The molecule has 0 rings (SSSR count). The van der Waals surface area contributed by atoms with Crippen molar-refractivity contribution >= 4 is 5.97 Å². The van der Waals surface area contributed by atoms with Gasteiger partial charge in [-0.2, -0.15) is 0 Å². The molecule has 0 aromatic heterocycles. The molecule has 0 spiro atoms. The van der Waals surface area contributed by atoms with E-state index in [1.54, 1.807) is 6.08 Å². The van der Waals surface area contributed by atoms with Crippen molar-refractivity contribution in [1.29, 1.82) is 0 Å². The number of hydrogen-bond acceptors (Lipinski definition) is 1. The Kier molecular flexibility index (Phi) is 10.8. The lowest BCUT2D eigenvalue weighted by Gasteiger charge is -2.12. The van der Waals surface area contributed by atoms with Gasteiger partial charge in [0.15, 0.2) is 0 Å². The van der Waals surface area contributed by atoms with Crippen LogP contribution in [0.5, 0.6) is 0 Å². The molecule has 122 valence electrons. The van der Waals surface area contributed by atoms with Crippen molar-refractivity contribution in [3.05, 3.63) is 59.8 Å². The molecule has 2 unspecified atom stereocenters. The smallest absolute Gasteiger partial charge is 0.335 e. The molecular formula is C20H30O2. The van der Waals surface area contributed by atoms with Crippen LogP contribution in [-0.4, -0.2) is 11.1 Å². The summed E-state index contributed by atoms with van der Waals surface area (Å²) < 4.78 is 0. The molecule has 0 aliphatic rings. The minimum absolute atomic E-state index is 0.267. The fourth-order valence-corrected chi connectivity index (χ4v) is 2.10. The summed E-state index contributed by atoms with van der Waals surface area (Å²) in [6.07, 6.45) is 17.3. The molecule has 2 nitrogen and oxygen atoms in total. The van der Waals surface area contributed by atoms with Crippen molar-refractivity contribution < 1.29 is 9.90 Å². The third kappa shape index (κ3) is 9.98. The van der Waals surface area contributed by atoms with Crippen LogP contribution in [0.15, 0.2) is 59.8 Å². The Morgan fingerprint density at radius 1 is 1.14 bits per heavy atom. The number of hydrogen-bond donors (Lipinski definition) is 1. The van der Waals surface area contributed by atoms with E-state index in [2.05, 4.69) is 20.8 Å². The van der Waals surface area contributed by atoms with E-state index in [4.69, 9.17) is 0 Å². The van der Waals surface area contributed by atoms with Crippen LogP contribution < -0.4 is 0 Å². The van der Waals surface area contributed by atoms with E-state index in [1.165, 1.54) is 0 Å². The lowest BCUT2D eigenvalue weighted by atomic mass is 9.93. The molecule has 0 aliphatic carbocycles. The average molecular weight is 302 g/mol. The first-order valence-corrected chi connectivity index (χ1v) is 8.00. The van der Waals surface area contributed by atoms with E-state index in [9.17, 15) is 9.90 Å². The predicted molar refractivity (Wildman–Crippen MR) is 95.8 cm³/mol. The zero-order valence-electron chi connectivity index (χ0n) is 14.5. The molecule has 0 heterocycles. The molecule has 0 saturated heterocycles. The molecule has 0 bridgehead atoms. The maximum atomic E-state index is 11.4. The Hall–Kier alpha value is -1.83. The lowest BCUT2D eigenvalue weighted by molar-refractivity contribution is -0.132. The fraction of sp³-hybridized carbons (Fsp3) is 0.450. The van der Waals surface area contributed by atoms with Gasteiger partial charge in [-0.3, -0.25) is 0 Å². The molecule has 0 aromatic carbocycles. The van der Waals surface area contributed by atoms with Gasteiger partial charge in [-0.15, -0.1) is 0 Å². The molecule has 0 aromatic rings. The van der Waals surface area contributed by atoms with E-state index in [0.29, 0.717) is 11.5 Å². The summed E-state index contributed by atoms with van der Waals surface area (Å²) in [5.41, 5.74) is 1.30. The minimum Gasteiger partial charge on any atom is -0.478 e. The Balaban J connectivity index is 4.94. The monoisotopic (exact) mass is 302 g/mol. The highest BCUT2D eigenvalue weighted by molar-refractivity contribution is 5.90. The number of allylic oxidation sites excluding steroid dienone is 8. The molecule has 0 amide bonds. The number of carboxylic acid groups (broad SMARTS) is 1. The Labute approximate surface area is 135 Å². The molecule has 0 aliphatic heterocycles. The predicted octanol–water partition coefficient (Wildman–Crippen LogP) is 5.70. The summed E-state index contributed by atoms with van der Waals surface area (Å²) in [6, 6.07) is 0.